The van der Waals surface area contributed by atoms with Gasteiger partial charge in [0.2, 0.25) is 5.88 Å². The highest BCUT2D eigenvalue weighted by Gasteiger charge is 2.28. The van der Waals surface area contributed by atoms with Gasteiger partial charge in [0, 0.05) is 17.8 Å². The van der Waals surface area contributed by atoms with Crippen LogP contribution in [0.4, 0.5) is 13.2 Å². The minimum absolute atomic E-state index is 0.0516. The average molecular weight is 389 g/mol. The van der Waals surface area contributed by atoms with E-state index in [2.05, 4.69) is 20.0 Å². The van der Waals surface area contributed by atoms with Crippen molar-refractivity contribution < 1.29 is 32.6 Å². The van der Waals surface area contributed by atoms with Crippen LogP contribution in [0.3, 0.4) is 0 Å². The molecule has 0 spiro atoms. The van der Waals surface area contributed by atoms with E-state index in [4.69, 9.17) is 5.11 Å². The number of ether oxygens (including phenoxy) is 1. The average Bonchev–Trinajstić information content (AvgIpc) is 2.95. The number of aromatic nitrogens is 2. The van der Waals surface area contributed by atoms with E-state index in [0.717, 1.165) is 23.6 Å². The van der Waals surface area contributed by atoms with Gasteiger partial charge in [-0.25, -0.2) is 14.8 Å². The number of thiazole rings is 1. The van der Waals surface area contributed by atoms with Crippen molar-refractivity contribution in [3.05, 3.63) is 39.5 Å². The van der Waals surface area contributed by atoms with E-state index in [1.807, 2.05) is 0 Å². The molecule has 2 aromatic heterocycles. The molecule has 26 heavy (non-hydrogen) atoms. The summed E-state index contributed by atoms with van der Waals surface area (Å²) in [4.78, 5) is 31.1. The predicted octanol–water partition coefficient (Wildman–Crippen LogP) is 2.98. The molecule has 1 amide bonds. The third-order valence-electron chi connectivity index (χ3n) is 3.11. The van der Waals surface area contributed by atoms with Crippen LogP contribution in [-0.2, 0) is 0 Å². The molecule has 7 nitrogen and oxygen atoms in total. The van der Waals surface area contributed by atoms with Crippen LogP contribution in [0.5, 0.6) is 5.88 Å². The van der Waals surface area contributed by atoms with E-state index in [1.54, 1.807) is 13.8 Å². The molecule has 1 unspecified atom stereocenters. The molecule has 0 aromatic carbocycles. The zero-order valence-corrected chi connectivity index (χ0v) is 14.4. The lowest BCUT2D eigenvalue weighted by Crippen LogP contribution is -2.26. The summed E-state index contributed by atoms with van der Waals surface area (Å²) in [5.74, 6) is -2.02. The Kier molecular flexibility index (Phi) is 5.80. The quantitative estimate of drug-likeness (QED) is 0.788. The fourth-order valence-corrected chi connectivity index (χ4v) is 2.84. The summed E-state index contributed by atoms with van der Waals surface area (Å²) in [6, 6.07) is 1.81. The van der Waals surface area contributed by atoms with Crippen LogP contribution in [0, 0.1) is 6.92 Å². The second kappa shape index (κ2) is 7.68. The molecule has 1 atom stereocenters. The lowest BCUT2D eigenvalue weighted by atomic mass is 10.2. The summed E-state index contributed by atoms with van der Waals surface area (Å²) in [5.41, 5.74) is 0.390. The number of carbonyl (C=O) groups is 2. The van der Waals surface area contributed by atoms with Gasteiger partial charge in [-0.3, -0.25) is 4.79 Å². The molecule has 11 heteroatoms. The zero-order valence-electron chi connectivity index (χ0n) is 13.6. The van der Waals surface area contributed by atoms with Gasteiger partial charge in [0.25, 0.3) is 5.91 Å². The van der Waals surface area contributed by atoms with Crippen molar-refractivity contribution in [2.75, 3.05) is 6.61 Å². The number of amides is 1. The van der Waals surface area contributed by atoms with Crippen molar-refractivity contribution in [3.63, 3.8) is 0 Å². The molecule has 0 bridgehead atoms. The molecular weight excluding hydrogens is 375 g/mol. The number of pyridine rings is 1. The topological polar surface area (TPSA) is 101 Å². The normalized spacial score (nSPS) is 12.5. The number of aryl methyl sites for hydroxylation is 1. The first kappa shape index (κ1) is 19.6. The summed E-state index contributed by atoms with van der Waals surface area (Å²) < 4.78 is 41.0. The molecular formula is C15H14F3N3O4S. The number of alkyl halides is 3. The monoisotopic (exact) mass is 389 g/mol. The van der Waals surface area contributed by atoms with Gasteiger partial charge in [0.1, 0.15) is 9.88 Å². The van der Waals surface area contributed by atoms with Crippen molar-refractivity contribution in [2.45, 2.75) is 26.1 Å². The van der Waals surface area contributed by atoms with Gasteiger partial charge in [-0.2, -0.15) is 13.2 Å². The Morgan fingerprint density at radius 1 is 1.42 bits per heavy atom. The van der Waals surface area contributed by atoms with E-state index in [9.17, 15) is 22.8 Å². The van der Waals surface area contributed by atoms with Crippen LogP contribution in [-0.4, -0.2) is 39.7 Å². The third-order valence-corrected chi connectivity index (χ3v) is 4.43. The minimum atomic E-state index is -4.51. The van der Waals surface area contributed by atoms with Crippen molar-refractivity contribution >= 4 is 23.2 Å². The molecule has 2 heterocycles. The van der Waals surface area contributed by atoms with Crippen molar-refractivity contribution in [1.29, 1.82) is 0 Å². The molecule has 0 saturated carbocycles. The second-order valence-electron chi connectivity index (χ2n) is 5.25. The summed E-state index contributed by atoms with van der Waals surface area (Å²) >= 11 is 0.939. The molecule has 0 radical (unpaired) electrons. The standard InChI is InChI=1S/C15H14F3N3O4S/c1-7-11(14(23)24)26-13(21-7)8(2)20-12(22)9-3-4-19-10(5-9)25-6-15(16,17)18/h3-5,8H,6H2,1-2H3,(H,20,22)(H,23,24). The third kappa shape index (κ3) is 5.15. The van der Waals surface area contributed by atoms with Gasteiger partial charge in [-0.05, 0) is 19.9 Å². The first-order valence-corrected chi connectivity index (χ1v) is 8.05. The zero-order chi connectivity index (χ0) is 19.5. The van der Waals surface area contributed by atoms with Crippen LogP contribution in [0.25, 0.3) is 0 Å². The van der Waals surface area contributed by atoms with Crippen molar-refractivity contribution in [3.8, 4) is 5.88 Å². The van der Waals surface area contributed by atoms with Gasteiger partial charge >= 0.3 is 12.1 Å². The summed E-state index contributed by atoms with van der Waals surface area (Å²) in [5, 5.41) is 12.0. The maximum atomic E-state index is 12.3. The molecule has 2 aromatic rings. The number of hydrogen-bond donors (Lipinski definition) is 2. The van der Waals surface area contributed by atoms with E-state index < -0.39 is 30.7 Å². The van der Waals surface area contributed by atoms with E-state index in [1.165, 1.54) is 6.07 Å². The van der Waals surface area contributed by atoms with Crippen LogP contribution in [0.15, 0.2) is 18.3 Å². The van der Waals surface area contributed by atoms with E-state index in [0.29, 0.717) is 10.7 Å². The Balaban J connectivity index is 2.07. The Hall–Kier alpha value is -2.69. The highest BCUT2D eigenvalue weighted by Crippen LogP contribution is 2.24. The molecule has 140 valence electrons. The summed E-state index contributed by atoms with van der Waals surface area (Å²) in [6.07, 6.45) is -3.36. The SMILES string of the molecule is Cc1nc(C(C)NC(=O)c2ccnc(OCC(F)(F)F)c2)sc1C(=O)O. The predicted molar refractivity (Wildman–Crippen MR) is 85.5 cm³/mol. The van der Waals surface area contributed by atoms with Crippen LogP contribution in [0.2, 0.25) is 0 Å². The van der Waals surface area contributed by atoms with Crippen LogP contribution < -0.4 is 10.1 Å². The lowest BCUT2D eigenvalue weighted by molar-refractivity contribution is -0.154. The van der Waals surface area contributed by atoms with E-state index >= 15 is 0 Å². The molecule has 0 saturated heterocycles. The fraction of sp³-hybridized carbons (Fsp3) is 0.333. The number of carboxylic acid groups (broad SMARTS) is 1. The van der Waals surface area contributed by atoms with Crippen LogP contribution >= 0.6 is 11.3 Å². The van der Waals surface area contributed by atoms with E-state index in [-0.39, 0.29) is 16.3 Å². The highest BCUT2D eigenvalue weighted by atomic mass is 32.1. The lowest BCUT2D eigenvalue weighted by Gasteiger charge is -2.12. The maximum absolute atomic E-state index is 12.3. The smallest absolute Gasteiger partial charge is 0.422 e. The van der Waals surface area contributed by atoms with Crippen molar-refractivity contribution in [1.82, 2.24) is 15.3 Å². The minimum Gasteiger partial charge on any atom is -0.477 e. The van der Waals surface area contributed by atoms with Crippen LogP contribution in [0.1, 0.15) is 43.7 Å². The summed E-state index contributed by atoms with van der Waals surface area (Å²) in [6.45, 7) is 1.65. The Morgan fingerprint density at radius 2 is 2.12 bits per heavy atom. The van der Waals surface area contributed by atoms with Gasteiger partial charge < -0.3 is 15.2 Å². The van der Waals surface area contributed by atoms with Crippen molar-refractivity contribution in [2.24, 2.45) is 0 Å². The number of nitrogens with one attached hydrogen (secondary N) is 1. The largest absolute Gasteiger partial charge is 0.477 e. The van der Waals surface area contributed by atoms with Gasteiger partial charge in [0.15, 0.2) is 6.61 Å². The number of aromatic carboxylic acids is 1. The van der Waals surface area contributed by atoms with Gasteiger partial charge in [-0.1, -0.05) is 0 Å². The molecule has 0 aliphatic rings. The number of hydrogen-bond acceptors (Lipinski definition) is 6. The maximum Gasteiger partial charge on any atom is 0.422 e. The van der Waals surface area contributed by atoms with Gasteiger partial charge in [0.05, 0.1) is 11.7 Å². The number of carboxylic acids is 1. The number of nitrogens with zero attached hydrogens (tertiary/aromatic N) is 2. The first-order valence-electron chi connectivity index (χ1n) is 7.24. The molecule has 0 aliphatic heterocycles. The Bertz CT molecular complexity index is 823. The second-order valence-corrected chi connectivity index (χ2v) is 6.28. The number of carbonyl (C=O) groups excluding carboxylic acids is 1. The molecule has 2 N–H and O–H groups in total. The molecule has 0 aliphatic carbocycles. The summed E-state index contributed by atoms with van der Waals surface area (Å²) in [7, 11) is 0. The highest BCUT2D eigenvalue weighted by molar-refractivity contribution is 7.13. The Labute approximate surface area is 149 Å². The van der Waals surface area contributed by atoms with Gasteiger partial charge in [-0.15, -0.1) is 11.3 Å². The Morgan fingerprint density at radius 3 is 2.69 bits per heavy atom. The molecule has 0 fully saturated rings. The number of rotatable bonds is 6. The molecule has 2 rings (SSSR count). The number of halogens is 3. The first-order chi connectivity index (χ1) is 12.1. The fourth-order valence-electron chi connectivity index (χ4n) is 1.93.